The molecule has 1 aromatic carbocycles. The number of non-ortho nitro benzene ring substituents is 1. The maximum absolute atomic E-state index is 12.5. The van der Waals surface area contributed by atoms with Crippen molar-refractivity contribution in [3.05, 3.63) is 52.1 Å². The zero-order valence-electron chi connectivity index (χ0n) is 14.6. The van der Waals surface area contributed by atoms with E-state index < -0.39 is 41.7 Å². The number of ether oxygens (including phenoxy) is 1. The summed E-state index contributed by atoms with van der Waals surface area (Å²) in [5, 5.41) is 10.6. The van der Waals surface area contributed by atoms with Crippen molar-refractivity contribution < 1.29 is 28.8 Å². The molecule has 1 saturated heterocycles. The molecule has 2 bridgehead atoms. The fourth-order valence-electron chi connectivity index (χ4n) is 4.29. The summed E-state index contributed by atoms with van der Waals surface area (Å²) >= 11 is 0. The molecule has 1 aromatic rings. The summed E-state index contributed by atoms with van der Waals surface area (Å²) < 4.78 is 4.90. The maximum Gasteiger partial charge on any atom is 0.326 e. The fourth-order valence-corrected chi connectivity index (χ4v) is 4.29. The number of hydrogen-bond acceptors (Lipinski definition) is 7. The summed E-state index contributed by atoms with van der Waals surface area (Å²) in [6, 6.07) is 4.90. The quantitative estimate of drug-likeness (QED) is 0.180. The van der Waals surface area contributed by atoms with E-state index in [9.17, 15) is 29.3 Å². The second-order valence-electron chi connectivity index (χ2n) is 7.15. The van der Waals surface area contributed by atoms with E-state index in [0.717, 1.165) is 11.3 Å². The first-order chi connectivity index (χ1) is 13.4. The molecular formula is C19H16N2O7. The molecule has 0 radical (unpaired) electrons. The molecule has 0 unspecified atom stereocenters. The number of nitrogens with zero attached hydrogens (tertiary/aromatic N) is 2. The second-order valence-corrected chi connectivity index (χ2v) is 7.15. The Balaban J connectivity index is 1.32. The number of likely N-dealkylation sites (tertiary alicyclic amines) is 1. The van der Waals surface area contributed by atoms with Crippen molar-refractivity contribution in [3.8, 4) is 0 Å². The number of fused-ring (bicyclic) bond motifs is 5. The van der Waals surface area contributed by atoms with Crippen molar-refractivity contribution in [2.24, 2.45) is 23.7 Å². The molecule has 9 heteroatoms. The Hall–Kier alpha value is -3.36. The molecule has 4 rings (SSSR count). The number of benzene rings is 1. The van der Waals surface area contributed by atoms with Crippen LogP contribution in [0, 0.1) is 33.8 Å². The lowest BCUT2D eigenvalue weighted by molar-refractivity contribution is -0.384. The van der Waals surface area contributed by atoms with Gasteiger partial charge < -0.3 is 4.74 Å². The average molecular weight is 384 g/mol. The summed E-state index contributed by atoms with van der Waals surface area (Å²) in [6.07, 6.45) is 4.72. The Labute approximate surface area is 159 Å². The third-order valence-corrected chi connectivity index (χ3v) is 5.61. The number of ketones is 1. The van der Waals surface area contributed by atoms with Gasteiger partial charge in [0.05, 0.1) is 16.8 Å². The number of nitro groups is 1. The largest absolute Gasteiger partial charge is 0.456 e. The van der Waals surface area contributed by atoms with Gasteiger partial charge in [-0.05, 0) is 30.4 Å². The Kier molecular flexibility index (Phi) is 4.29. The third-order valence-electron chi connectivity index (χ3n) is 5.61. The minimum atomic E-state index is -0.850. The van der Waals surface area contributed by atoms with Crippen molar-refractivity contribution >= 4 is 29.3 Å². The van der Waals surface area contributed by atoms with Crippen LogP contribution in [0.4, 0.5) is 5.69 Å². The highest BCUT2D eigenvalue weighted by Gasteiger charge is 2.59. The molecule has 2 fully saturated rings. The number of nitro benzene ring substituents is 1. The average Bonchev–Trinajstić information content (AvgIpc) is 3.36. The van der Waals surface area contributed by atoms with Gasteiger partial charge in [0.25, 0.3) is 5.69 Å². The highest BCUT2D eigenvalue weighted by molar-refractivity contribution is 6.08. The first-order valence-corrected chi connectivity index (χ1v) is 8.83. The van der Waals surface area contributed by atoms with Crippen LogP contribution in [0.2, 0.25) is 0 Å². The van der Waals surface area contributed by atoms with E-state index in [2.05, 4.69) is 0 Å². The lowest BCUT2D eigenvalue weighted by Gasteiger charge is -2.16. The van der Waals surface area contributed by atoms with Crippen LogP contribution in [-0.2, 0) is 19.1 Å². The third kappa shape index (κ3) is 2.88. The normalized spacial score (nSPS) is 27.2. The van der Waals surface area contributed by atoms with E-state index >= 15 is 0 Å². The van der Waals surface area contributed by atoms with E-state index in [1.54, 1.807) is 0 Å². The fraction of sp³-hybridized carbons (Fsp3) is 0.368. The minimum absolute atomic E-state index is 0.0520. The van der Waals surface area contributed by atoms with Gasteiger partial charge in [-0.3, -0.25) is 34.2 Å². The molecule has 1 saturated carbocycles. The van der Waals surface area contributed by atoms with Gasteiger partial charge in [0.15, 0.2) is 12.4 Å². The summed E-state index contributed by atoms with van der Waals surface area (Å²) in [6.45, 7) is -1.09. The molecule has 0 N–H and O–H groups in total. The number of imide groups is 1. The topological polar surface area (TPSA) is 124 Å². The van der Waals surface area contributed by atoms with Gasteiger partial charge >= 0.3 is 5.97 Å². The van der Waals surface area contributed by atoms with Crippen LogP contribution in [-0.4, -0.2) is 46.5 Å². The van der Waals surface area contributed by atoms with Gasteiger partial charge in [-0.25, -0.2) is 0 Å². The SMILES string of the molecule is O=C(CN1C(=O)[C@@H]2[C@@H](C1=O)[C@@H]1C=C[C@@H]2C1)OCC(=O)c1ccc([N+](=O)[O-])cc1. The Morgan fingerprint density at radius 3 is 2.18 bits per heavy atom. The monoisotopic (exact) mass is 384 g/mol. The molecule has 4 atom stereocenters. The van der Waals surface area contributed by atoms with Crippen LogP contribution in [0.5, 0.6) is 0 Å². The number of amides is 2. The van der Waals surface area contributed by atoms with Crippen molar-refractivity contribution in [1.29, 1.82) is 0 Å². The Morgan fingerprint density at radius 2 is 1.64 bits per heavy atom. The number of carbonyl (C=O) groups excluding carboxylic acids is 4. The van der Waals surface area contributed by atoms with Crippen LogP contribution < -0.4 is 0 Å². The molecule has 0 spiro atoms. The van der Waals surface area contributed by atoms with E-state index in [1.807, 2.05) is 12.2 Å². The maximum atomic E-state index is 12.5. The molecule has 2 amide bonds. The van der Waals surface area contributed by atoms with Crippen LogP contribution in [0.3, 0.4) is 0 Å². The van der Waals surface area contributed by atoms with E-state index in [4.69, 9.17) is 4.74 Å². The van der Waals surface area contributed by atoms with E-state index in [1.165, 1.54) is 24.3 Å². The number of Topliss-reactive ketones (excluding diaryl/α,β-unsaturated/α-hetero) is 1. The number of rotatable bonds is 6. The summed E-state index contributed by atoms with van der Waals surface area (Å²) in [5.41, 5.74) is -0.00230. The highest BCUT2D eigenvalue weighted by atomic mass is 16.6. The molecule has 0 aromatic heterocycles. The van der Waals surface area contributed by atoms with Crippen molar-refractivity contribution in [1.82, 2.24) is 4.90 Å². The number of allylic oxidation sites excluding steroid dienone is 2. The zero-order valence-corrected chi connectivity index (χ0v) is 14.6. The molecule has 2 aliphatic carbocycles. The lowest BCUT2D eigenvalue weighted by Crippen LogP contribution is -2.38. The molecule has 1 heterocycles. The lowest BCUT2D eigenvalue weighted by atomic mass is 9.85. The molecule has 3 aliphatic rings. The Bertz CT molecular complexity index is 891. The minimum Gasteiger partial charge on any atom is -0.456 e. The van der Waals surface area contributed by atoms with Crippen LogP contribution in [0.1, 0.15) is 16.8 Å². The zero-order chi connectivity index (χ0) is 20.0. The molecule has 1 aliphatic heterocycles. The Morgan fingerprint density at radius 1 is 1.07 bits per heavy atom. The summed E-state index contributed by atoms with van der Waals surface area (Å²) in [5.74, 6) is -2.78. The summed E-state index contributed by atoms with van der Waals surface area (Å²) in [7, 11) is 0. The van der Waals surface area contributed by atoms with Crippen molar-refractivity contribution in [3.63, 3.8) is 0 Å². The first kappa shape index (κ1) is 18.0. The number of esters is 1. The predicted octanol–water partition coefficient (Wildman–Crippen LogP) is 1.13. The number of carbonyl (C=O) groups is 4. The molecule has 144 valence electrons. The molecule has 28 heavy (non-hydrogen) atoms. The van der Waals surface area contributed by atoms with E-state index in [-0.39, 0.29) is 34.9 Å². The van der Waals surface area contributed by atoms with Crippen molar-refractivity contribution in [2.45, 2.75) is 6.42 Å². The van der Waals surface area contributed by atoms with Crippen LogP contribution >= 0.6 is 0 Å². The summed E-state index contributed by atoms with van der Waals surface area (Å²) in [4.78, 5) is 60.1. The van der Waals surface area contributed by atoms with Gasteiger partial charge in [0.1, 0.15) is 6.54 Å². The van der Waals surface area contributed by atoms with Gasteiger partial charge in [0, 0.05) is 17.7 Å². The van der Waals surface area contributed by atoms with Gasteiger partial charge in [-0.1, -0.05) is 12.2 Å². The molecular weight excluding hydrogens is 368 g/mol. The number of hydrogen-bond donors (Lipinski definition) is 0. The first-order valence-electron chi connectivity index (χ1n) is 8.83. The smallest absolute Gasteiger partial charge is 0.326 e. The van der Waals surface area contributed by atoms with Crippen LogP contribution in [0.25, 0.3) is 0 Å². The predicted molar refractivity (Wildman–Crippen MR) is 92.8 cm³/mol. The van der Waals surface area contributed by atoms with E-state index in [0.29, 0.717) is 0 Å². The van der Waals surface area contributed by atoms with Gasteiger partial charge in [-0.15, -0.1) is 0 Å². The standard InChI is InChI=1S/C19H16N2O7/c22-14(10-3-5-13(6-4-10)21(26)27)9-28-15(23)8-20-18(24)16-11-1-2-12(7-11)17(16)19(20)25/h1-6,11-12,16-17H,7-9H2/t11-,12-,16+,17+/m1/s1. The second kappa shape index (κ2) is 6.66. The van der Waals surface area contributed by atoms with Crippen LogP contribution in [0.15, 0.2) is 36.4 Å². The van der Waals surface area contributed by atoms with Crippen molar-refractivity contribution in [2.75, 3.05) is 13.2 Å². The molecule has 9 nitrogen and oxygen atoms in total. The highest BCUT2D eigenvalue weighted by Crippen LogP contribution is 2.52. The van der Waals surface area contributed by atoms with Gasteiger partial charge in [-0.2, -0.15) is 0 Å². The van der Waals surface area contributed by atoms with Gasteiger partial charge in [0.2, 0.25) is 11.8 Å².